The molecule has 0 bridgehead atoms. The molecule has 0 aliphatic heterocycles. The molecule has 0 spiro atoms. The summed E-state index contributed by atoms with van der Waals surface area (Å²) in [4.78, 5) is 11.1. The molecule has 5 heteroatoms. The van der Waals surface area contributed by atoms with E-state index in [9.17, 15) is 9.18 Å². The van der Waals surface area contributed by atoms with E-state index in [0.717, 1.165) is 6.07 Å². The summed E-state index contributed by atoms with van der Waals surface area (Å²) in [6, 6.07) is 3.59. The van der Waals surface area contributed by atoms with Crippen molar-refractivity contribution in [2.75, 3.05) is 17.3 Å². The van der Waals surface area contributed by atoms with Crippen LogP contribution in [0.3, 0.4) is 0 Å². The lowest BCUT2D eigenvalue weighted by Gasteiger charge is -2.05. The van der Waals surface area contributed by atoms with E-state index in [1.54, 1.807) is 6.26 Å². The van der Waals surface area contributed by atoms with Crippen LogP contribution in [0, 0.1) is 5.82 Å². The van der Waals surface area contributed by atoms with Crippen LogP contribution in [0.5, 0.6) is 5.75 Å². The lowest BCUT2D eigenvalue weighted by atomic mass is 10.3. The predicted molar refractivity (Wildman–Crippen MR) is 55.1 cm³/mol. The van der Waals surface area contributed by atoms with Gasteiger partial charge in [-0.1, -0.05) is 0 Å². The van der Waals surface area contributed by atoms with Gasteiger partial charge in [0.1, 0.15) is 11.6 Å². The van der Waals surface area contributed by atoms with Crippen LogP contribution in [0.25, 0.3) is 0 Å². The SMILES string of the molecule is CSCC(=O)Nc1ccc(O)cc1F. The molecule has 1 aromatic carbocycles. The van der Waals surface area contributed by atoms with Crippen LogP contribution in [0.2, 0.25) is 0 Å². The van der Waals surface area contributed by atoms with Gasteiger partial charge >= 0.3 is 0 Å². The van der Waals surface area contributed by atoms with E-state index >= 15 is 0 Å². The zero-order valence-electron chi connectivity index (χ0n) is 7.58. The Hall–Kier alpha value is -1.23. The summed E-state index contributed by atoms with van der Waals surface area (Å²) in [5.74, 6) is -0.785. The Bertz CT molecular complexity index is 344. The first-order valence-electron chi connectivity index (χ1n) is 3.91. The fraction of sp³-hybridized carbons (Fsp3) is 0.222. The number of nitrogens with one attached hydrogen (secondary N) is 1. The molecule has 0 aliphatic carbocycles. The van der Waals surface area contributed by atoms with Crippen molar-refractivity contribution in [3.63, 3.8) is 0 Å². The molecule has 0 saturated carbocycles. The van der Waals surface area contributed by atoms with E-state index in [1.165, 1.54) is 23.9 Å². The van der Waals surface area contributed by atoms with Crippen LogP contribution < -0.4 is 5.32 Å². The molecule has 0 unspecified atom stereocenters. The first-order chi connectivity index (χ1) is 6.63. The highest BCUT2D eigenvalue weighted by atomic mass is 32.2. The van der Waals surface area contributed by atoms with Crippen molar-refractivity contribution in [3.05, 3.63) is 24.0 Å². The normalized spacial score (nSPS) is 9.86. The second kappa shape index (κ2) is 4.85. The van der Waals surface area contributed by atoms with Gasteiger partial charge in [0.05, 0.1) is 11.4 Å². The molecule has 3 nitrogen and oxygen atoms in total. The van der Waals surface area contributed by atoms with Crippen molar-refractivity contribution >= 4 is 23.4 Å². The van der Waals surface area contributed by atoms with Crippen LogP contribution in [0.15, 0.2) is 18.2 Å². The van der Waals surface area contributed by atoms with Gasteiger partial charge in [0.2, 0.25) is 5.91 Å². The van der Waals surface area contributed by atoms with E-state index in [1.807, 2.05) is 0 Å². The lowest BCUT2D eigenvalue weighted by molar-refractivity contribution is -0.113. The lowest BCUT2D eigenvalue weighted by Crippen LogP contribution is -2.14. The molecule has 0 heterocycles. The summed E-state index contributed by atoms with van der Waals surface area (Å²) in [5, 5.41) is 11.3. The quantitative estimate of drug-likeness (QED) is 0.756. The van der Waals surface area contributed by atoms with Crippen LogP contribution >= 0.6 is 11.8 Å². The standard InChI is InChI=1S/C9H10FNO2S/c1-14-5-9(13)11-8-3-2-6(12)4-7(8)10/h2-4,12H,5H2,1H3,(H,11,13). The van der Waals surface area contributed by atoms with Crippen molar-refractivity contribution in [2.45, 2.75) is 0 Å². The maximum absolute atomic E-state index is 13.1. The topological polar surface area (TPSA) is 49.3 Å². The average Bonchev–Trinajstić information content (AvgIpc) is 2.10. The van der Waals surface area contributed by atoms with Crippen molar-refractivity contribution in [2.24, 2.45) is 0 Å². The molecule has 1 aromatic rings. The van der Waals surface area contributed by atoms with Gasteiger partial charge in [0.15, 0.2) is 0 Å². The zero-order chi connectivity index (χ0) is 10.6. The number of hydrogen-bond acceptors (Lipinski definition) is 3. The first kappa shape index (κ1) is 10.8. The Kier molecular flexibility index (Phi) is 3.76. The predicted octanol–water partition coefficient (Wildman–Crippen LogP) is 1.83. The van der Waals surface area contributed by atoms with Gasteiger partial charge in [0, 0.05) is 6.07 Å². The zero-order valence-corrected chi connectivity index (χ0v) is 8.40. The Labute approximate surface area is 85.3 Å². The molecule has 0 aliphatic rings. The van der Waals surface area contributed by atoms with E-state index in [0.29, 0.717) is 0 Å². The van der Waals surface area contributed by atoms with Crippen molar-refractivity contribution in [1.29, 1.82) is 0 Å². The largest absolute Gasteiger partial charge is 0.508 e. The maximum Gasteiger partial charge on any atom is 0.234 e. The van der Waals surface area contributed by atoms with Crippen LogP contribution in [-0.4, -0.2) is 23.0 Å². The third kappa shape index (κ3) is 2.92. The Morgan fingerprint density at radius 3 is 2.93 bits per heavy atom. The second-order valence-corrected chi connectivity index (χ2v) is 3.51. The van der Waals surface area contributed by atoms with E-state index in [-0.39, 0.29) is 23.1 Å². The molecule has 0 atom stereocenters. The summed E-state index contributed by atoms with van der Waals surface area (Å²) >= 11 is 1.35. The highest BCUT2D eigenvalue weighted by molar-refractivity contribution is 7.99. The molecule has 2 N–H and O–H groups in total. The van der Waals surface area contributed by atoms with Gasteiger partial charge < -0.3 is 10.4 Å². The number of aromatic hydroxyl groups is 1. The summed E-state index contributed by atoms with van der Waals surface area (Å²) in [6.07, 6.45) is 1.78. The van der Waals surface area contributed by atoms with Crippen molar-refractivity contribution in [3.8, 4) is 5.75 Å². The minimum absolute atomic E-state index is 0.0850. The third-order valence-electron chi connectivity index (χ3n) is 1.50. The van der Waals surface area contributed by atoms with Crippen LogP contribution in [0.4, 0.5) is 10.1 Å². The Balaban J connectivity index is 2.72. The first-order valence-corrected chi connectivity index (χ1v) is 5.30. The summed E-state index contributed by atoms with van der Waals surface area (Å²) in [6.45, 7) is 0. The van der Waals surface area contributed by atoms with E-state index < -0.39 is 5.82 Å². The van der Waals surface area contributed by atoms with Crippen molar-refractivity contribution < 1.29 is 14.3 Å². The minimum atomic E-state index is -0.639. The van der Waals surface area contributed by atoms with E-state index in [4.69, 9.17) is 5.11 Å². The second-order valence-electron chi connectivity index (χ2n) is 2.65. The number of benzene rings is 1. The highest BCUT2D eigenvalue weighted by Gasteiger charge is 2.06. The minimum Gasteiger partial charge on any atom is -0.508 e. The molecule has 0 aromatic heterocycles. The summed E-state index contributed by atoms with van der Waals surface area (Å²) in [5.41, 5.74) is 0.0850. The van der Waals surface area contributed by atoms with Gasteiger partial charge in [-0.25, -0.2) is 4.39 Å². The number of carbonyl (C=O) groups is 1. The van der Waals surface area contributed by atoms with Gasteiger partial charge in [-0.15, -0.1) is 0 Å². The van der Waals surface area contributed by atoms with Crippen LogP contribution in [-0.2, 0) is 4.79 Å². The van der Waals surface area contributed by atoms with E-state index in [2.05, 4.69) is 5.32 Å². The summed E-state index contributed by atoms with van der Waals surface area (Å²) < 4.78 is 13.1. The Morgan fingerprint density at radius 2 is 2.36 bits per heavy atom. The number of hydrogen-bond donors (Lipinski definition) is 2. The molecule has 0 fully saturated rings. The monoisotopic (exact) mass is 215 g/mol. The summed E-state index contributed by atoms with van der Waals surface area (Å²) in [7, 11) is 0. The molecular weight excluding hydrogens is 205 g/mol. The molecule has 1 rings (SSSR count). The third-order valence-corrected chi connectivity index (χ3v) is 2.05. The number of phenols is 1. The fourth-order valence-corrected chi connectivity index (χ4v) is 1.26. The smallest absolute Gasteiger partial charge is 0.234 e. The molecule has 14 heavy (non-hydrogen) atoms. The van der Waals surface area contributed by atoms with Gasteiger partial charge in [-0.3, -0.25) is 4.79 Å². The molecule has 0 saturated heterocycles. The van der Waals surface area contributed by atoms with Crippen molar-refractivity contribution in [1.82, 2.24) is 0 Å². The number of halogens is 1. The van der Waals surface area contributed by atoms with Gasteiger partial charge in [-0.2, -0.15) is 11.8 Å². The number of anilines is 1. The number of thioether (sulfide) groups is 1. The van der Waals surface area contributed by atoms with Crippen LogP contribution in [0.1, 0.15) is 0 Å². The number of amides is 1. The molecular formula is C9H10FNO2S. The molecule has 76 valence electrons. The average molecular weight is 215 g/mol. The number of carbonyl (C=O) groups excluding carboxylic acids is 1. The number of rotatable bonds is 3. The molecule has 1 amide bonds. The highest BCUT2D eigenvalue weighted by Crippen LogP contribution is 2.19. The number of phenolic OH excluding ortho intramolecular Hbond substituents is 1. The molecule has 0 radical (unpaired) electrons. The fourth-order valence-electron chi connectivity index (χ4n) is 0.923. The van der Waals surface area contributed by atoms with Gasteiger partial charge in [-0.05, 0) is 18.4 Å². The maximum atomic E-state index is 13.1. The van der Waals surface area contributed by atoms with Gasteiger partial charge in [0.25, 0.3) is 0 Å². The Morgan fingerprint density at radius 1 is 1.64 bits per heavy atom.